The Balaban J connectivity index is 1.79. The summed E-state index contributed by atoms with van der Waals surface area (Å²) in [7, 11) is 1.53. The first-order chi connectivity index (χ1) is 16.5. The second-order valence-electron chi connectivity index (χ2n) is 7.48. The maximum atomic E-state index is 13.6. The summed E-state index contributed by atoms with van der Waals surface area (Å²) in [5.41, 5.74) is 3.51. The van der Waals surface area contributed by atoms with Crippen molar-refractivity contribution in [2.45, 2.75) is 32.1 Å². The van der Waals surface area contributed by atoms with E-state index < -0.39 is 11.7 Å². The number of ether oxygens (including phenoxy) is 2. The van der Waals surface area contributed by atoms with E-state index in [9.17, 15) is 14.4 Å². The number of nitriles is 1. The lowest BCUT2D eigenvalue weighted by atomic mass is 10.1. The van der Waals surface area contributed by atoms with Crippen LogP contribution in [0.2, 0.25) is 5.02 Å². The number of aromatic nitrogens is 1. The van der Waals surface area contributed by atoms with Crippen LogP contribution in [0.4, 0.5) is 15.8 Å². The first-order valence-corrected chi connectivity index (χ1v) is 11.0. The number of methoxy groups -OCH3 is 1. The van der Waals surface area contributed by atoms with Crippen molar-refractivity contribution in [1.82, 2.24) is 10.5 Å². The van der Waals surface area contributed by atoms with E-state index in [-0.39, 0.29) is 11.4 Å². The fourth-order valence-electron chi connectivity index (χ4n) is 3.39. The minimum atomic E-state index is -0.538. The Morgan fingerprint density at radius 3 is 2.71 bits per heavy atom. The van der Waals surface area contributed by atoms with Crippen molar-refractivity contribution in [2.24, 2.45) is 0 Å². The smallest absolute Gasteiger partial charge is 0.243 e. The van der Waals surface area contributed by atoms with Crippen molar-refractivity contribution in [3.8, 4) is 17.6 Å². The van der Waals surface area contributed by atoms with Gasteiger partial charge in [-0.3, -0.25) is 15.0 Å². The summed E-state index contributed by atoms with van der Waals surface area (Å²) in [6, 6.07) is 9.80. The zero-order valence-corrected chi connectivity index (χ0v) is 19.3. The Morgan fingerprint density at radius 1 is 1.21 bits per heavy atom. The van der Waals surface area contributed by atoms with Crippen molar-refractivity contribution in [3.63, 3.8) is 0 Å². The molecule has 1 amide bonds. The number of unbranched alkanes of at least 4 members (excludes halogenated alkanes) is 3. The summed E-state index contributed by atoms with van der Waals surface area (Å²) in [4.78, 5) is 15.4. The quantitative estimate of drug-likeness (QED) is 0.186. The molecule has 8 nitrogen and oxygen atoms in total. The molecule has 3 rings (SSSR count). The van der Waals surface area contributed by atoms with Crippen LogP contribution >= 0.6 is 11.6 Å². The topological polar surface area (TPSA) is 117 Å². The largest absolute Gasteiger partial charge is 0.493 e. The minimum absolute atomic E-state index is 0.0375. The number of fused-ring (bicyclic) bond motifs is 1. The number of nitrogens with zero attached hydrogens (tertiary/aromatic N) is 2. The van der Waals surface area contributed by atoms with Crippen LogP contribution in [0.5, 0.6) is 11.5 Å². The number of hydroxylamine groups is 1. The normalized spacial score (nSPS) is 10.6. The second kappa shape index (κ2) is 12.0. The van der Waals surface area contributed by atoms with Gasteiger partial charge in [-0.25, -0.2) is 9.87 Å². The van der Waals surface area contributed by atoms with Gasteiger partial charge in [0.1, 0.15) is 11.9 Å². The molecule has 3 N–H and O–H groups in total. The molecule has 0 saturated heterocycles. The fraction of sp³-hybridized carbons (Fsp3) is 0.292. The lowest BCUT2D eigenvalue weighted by Crippen LogP contribution is -2.17. The molecule has 0 aliphatic heterocycles. The molecule has 34 heavy (non-hydrogen) atoms. The highest BCUT2D eigenvalue weighted by Crippen LogP contribution is 2.37. The number of benzene rings is 2. The first-order valence-electron chi connectivity index (χ1n) is 10.7. The van der Waals surface area contributed by atoms with Gasteiger partial charge in [0.15, 0.2) is 11.5 Å². The number of nitrogens with one attached hydrogen (secondary N) is 2. The van der Waals surface area contributed by atoms with E-state index in [1.807, 2.05) is 0 Å². The van der Waals surface area contributed by atoms with Crippen LogP contribution in [0.15, 0.2) is 36.5 Å². The third-order valence-electron chi connectivity index (χ3n) is 5.14. The van der Waals surface area contributed by atoms with Gasteiger partial charge in [0.2, 0.25) is 5.91 Å². The average molecular weight is 487 g/mol. The van der Waals surface area contributed by atoms with E-state index in [2.05, 4.69) is 16.4 Å². The lowest BCUT2D eigenvalue weighted by Gasteiger charge is -2.15. The molecule has 0 atom stereocenters. The van der Waals surface area contributed by atoms with E-state index >= 15 is 0 Å². The molecule has 0 bridgehead atoms. The van der Waals surface area contributed by atoms with Crippen LogP contribution in [0, 0.1) is 17.1 Å². The Hall–Kier alpha value is -3.61. The van der Waals surface area contributed by atoms with Gasteiger partial charge in [-0.05, 0) is 37.1 Å². The first kappa shape index (κ1) is 25.0. The second-order valence-corrected chi connectivity index (χ2v) is 7.89. The third-order valence-corrected chi connectivity index (χ3v) is 5.43. The van der Waals surface area contributed by atoms with Crippen molar-refractivity contribution < 1.29 is 23.9 Å². The van der Waals surface area contributed by atoms with E-state index in [4.69, 9.17) is 26.3 Å². The van der Waals surface area contributed by atoms with Crippen molar-refractivity contribution >= 4 is 39.8 Å². The number of amides is 1. The van der Waals surface area contributed by atoms with Gasteiger partial charge in [-0.1, -0.05) is 24.4 Å². The predicted octanol–water partition coefficient (Wildman–Crippen LogP) is 5.49. The number of carbonyl (C=O) groups excluding carboxylic acids is 1. The maximum absolute atomic E-state index is 13.6. The standard InChI is InChI=1S/C24H24ClFN4O4/c1-33-21-12-20-17(11-22(21)34-9-5-3-2-4-6-23(31)30-32)24(15(13-27)14-28-20)29-16-7-8-19(26)18(25)10-16/h7-8,10-12,14,32H,2-6,9H2,1H3,(H,28,29)(H,30,31). The van der Waals surface area contributed by atoms with Crippen LogP contribution in [0.1, 0.15) is 37.7 Å². The number of hydrogen-bond acceptors (Lipinski definition) is 7. The van der Waals surface area contributed by atoms with Crippen LogP contribution in [0.25, 0.3) is 10.9 Å². The van der Waals surface area contributed by atoms with Gasteiger partial charge >= 0.3 is 0 Å². The van der Waals surface area contributed by atoms with Gasteiger partial charge in [0.25, 0.3) is 0 Å². The van der Waals surface area contributed by atoms with Crippen LogP contribution in [0.3, 0.4) is 0 Å². The van der Waals surface area contributed by atoms with Crippen molar-refractivity contribution in [3.05, 3.63) is 52.9 Å². The number of pyridine rings is 1. The van der Waals surface area contributed by atoms with Gasteiger partial charge < -0.3 is 14.8 Å². The van der Waals surface area contributed by atoms with Gasteiger partial charge in [-0.2, -0.15) is 5.26 Å². The van der Waals surface area contributed by atoms with E-state index in [0.29, 0.717) is 52.4 Å². The van der Waals surface area contributed by atoms with Crippen LogP contribution in [-0.4, -0.2) is 29.8 Å². The molecule has 178 valence electrons. The Labute approximate surface area is 201 Å². The zero-order chi connectivity index (χ0) is 24.5. The number of hydrogen-bond donors (Lipinski definition) is 3. The minimum Gasteiger partial charge on any atom is -0.493 e. The zero-order valence-electron chi connectivity index (χ0n) is 18.5. The van der Waals surface area contributed by atoms with Crippen molar-refractivity contribution in [2.75, 3.05) is 19.0 Å². The summed E-state index contributed by atoms with van der Waals surface area (Å²) < 4.78 is 25.0. The molecule has 0 saturated carbocycles. The molecule has 1 heterocycles. The predicted molar refractivity (Wildman–Crippen MR) is 126 cm³/mol. The van der Waals surface area contributed by atoms with Gasteiger partial charge in [0, 0.05) is 29.8 Å². The molecule has 0 aliphatic carbocycles. The van der Waals surface area contributed by atoms with Crippen LogP contribution in [-0.2, 0) is 4.79 Å². The molecule has 0 spiro atoms. The molecule has 10 heteroatoms. The van der Waals surface area contributed by atoms with Crippen molar-refractivity contribution in [1.29, 1.82) is 5.26 Å². The Morgan fingerprint density at radius 2 is 2.00 bits per heavy atom. The summed E-state index contributed by atoms with van der Waals surface area (Å²) in [6.07, 6.45) is 4.85. The summed E-state index contributed by atoms with van der Waals surface area (Å²) in [6.45, 7) is 0.426. The number of anilines is 2. The molecule has 0 aliphatic rings. The highest BCUT2D eigenvalue weighted by molar-refractivity contribution is 6.31. The number of carbonyl (C=O) groups is 1. The van der Waals surface area contributed by atoms with E-state index in [0.717, 1.165) is 19.3 Å². The van der Waals surface area contributed by atoms with Crippen LogP contribution < -0.4 is 20.3 Å². The third kappa shape index (κ3) is 6.25. The number of rotatable bonds is 11. The molecule has 3 aromatic rings. The molecular weight excluding hydrogens is 463 g/mol. The summed E-state index contributed by atoms with van der Waals surface area (Å²) >= 11 is 5.90. The lowest BCUT2D eigenvalue weighted by molar-refractivity contribution is -0.129. The van der Waals surface area contributed by atoms with E-state index in [1.54, 1.807) is 17.6 Å². The molecular formula is C24H24ClFN4O4. The fourth-order valence-corrected chi connectivity index (χ4v) is 3.57. The monoisotopic (exact) mass is 486 g/mol. The molecule has 0 radical (unpaired) electrons. The Bertz CT molecular complexity index is 1220. The highest BCUT2D eigenvalue weighted by atomic mass is 35.5. The van der Waals surface area contributed by atoms with E-state index in [1.165, 1.54) is 31.5 Å². The summed E-state index contributed by atoms with van der Waals surface area (Å²) in [5, 5.41) is 21.8. The summed E-state index contributed by atoms with van der Waals surface area (Å²) in [5.74, 6) is 0.0612. The average Bonchev–Trinajstić information content (AvgIpc) is 2.85. The highest BCUT2D eigenvalue weighted by Gasteiger charge is 2.15. The molecule has 1 aromatic heterocycles. The SMILES string of the molecule is COc1cc2ncc(C#N)c(Nc3ccc(F)c(Cl)c3)c2cc1OCCCCCCC(=O)NO. The Kier molecular flexibility index (Phi) is 8.85. The molecule has 0 unspecified atom stereocenters. The maximum Gasteiger partial charge on any atom is 0.243 e. The van der Waals surface area contributed by atoms with Gasteiger partial charge in [-0.15, -0.1) is 0 Å². The molecule has 0 fully saturated rings. The molecule has 2 aromatic carbocycles. The number of halogens is 2. The van der Waals surface area contributed by atoms with Gasteiger partial charge in [0.05, 0.1) is 35.5 Å².